The van der Waals surface area contributed by atoms with Crippen LogP contribution in [0.15, 0.2) is 28.9 Å². The number of halogens is 1. The molecule has 15 heavy (non-hydrogen) atoms. The summed E-state index contributed by atoms with van der Waals surface area (Å²) in [5.74, 6) is 0.810. The molecular formula is C10H9ClN2O2. The Morgan fingerprint density at radius 1 is 1.40 bits per heavy atom. The molecule has 4 nitrogen and oxygen atoms in total. The van der Waals surface area contributed by atoms with Crippen molar-refractivity contribution in [2.75, 3.05) is 12.8 Å². The van der Waals surface area contributed by atoms with E-state index in [1.807, 2.05) is 12.1 Å². The van der Waals surface area contributed by atoms with E-state index in [1.54, 1.807) is 13.2 Å². The van der Waals surface area contributed by atoms with Gasteiger partial charge in [-0.3, -0.25) is 0 Å². The number of methoxy groups -OCH3 is 1. The molecule has 0 bridgehead atoms. The van der Waals surface area contributed by atoms with E-state index < -0.39 is 0 Å². The van der Waals surface area contributed by atoms with Crippen molar-refractivity contribution in [2.24, 2.45) is 0 Å². The Hall–Kier alpha value is -1.68. The number of nitrogen functional groups attached to an aromatic ring is 1. The van der Waals surface area contributed by atoms with Crippen molar-refractivity contribution in [1.29, 1.82) is 0 Å². The predicted octanol–water partition coefficient (Wildman–Crippen LogP) is 2.59. The van der Waals surface area contributed by atoms with Crippen LogP contribution in [-0.4, -0.2) is 12.3 Å². The third-order valence-electron chi connectivity index (χ3n) is 2.06. The van der Waals surface area contributed by atoms with Crippen LogP contribution >= 0.6 is 11.6 Å². The molecule has 0 radical (unpaired) electrons. The van der Waals surface area contributed by atoms with E-state index in [2.05, 4.69) is 5.16 Å². The molecule has 0 unspecified atom stereocenters. The van der Waals surface area contributed by atoms with Crippen LogP contribution in [0.5, 0.6) is 5.75 Å². The summed E-state index contributed by atoms with van der Waals surface area (Å²) in [6.45, 7) is 0. The highest BCUT2D eigenvalue weighted by Crippen LogP contribution is 2.38. The average Bonchev–Trinajstić information content (AvgIpc) is 2.64. The van der Waals surface area contributed by atoms with Gasteiger partial charge < -0.3 is 15.0 Å². The molecule has 1 aromatic heterocycles. The zero-order valence-corrected chi connectivity index (χ0v) is 8.78. The summed E-state index contributed by atoms with van der Waals surface area (Å²) < 4.78 is 9.99. The Kier molecular flexibility index (Phi) is 2.51. The van der Waals surface area contributed by atoms with E-state index >= 15 is 0 Å². The fraction of sp³-hybridized carbons (Fsp3) is 0.100. The molecule has 0 saturated carbocycles. The van der Waals surface area contributed by atoms with Gasteiger partial charge in [0.25, 0.3) is 0 Å². The maximum absolute atomic E-state index is 5.98. The van der Waals surface area contributed by atoms with E-state index in [0.29, 0.717) is 16.3 Å². The van der Waals surface area contributed by atoms with Gasteiger partial charge >= 0.3 is 0 Å². The molecule has 1 heterocycles. The van der Waals surface area contributed by atoms with Crippen LogP contribution in [0.2, 0.25) is 5.02 Å². The number of rotatable bonds is 2. The number of aromatic nitrogens is 1. The molecule has 2 rings (SSSR count). The van der Waals surface area contributed by atoms with Crippen molar-refractivity contribution in [1.82, 2.24) is 5.16 Å². The predicted molar refractivity (Wildman–Crippen MR) is 57.9 cm³/mol. The molecule has 0 atom stereocenters. The molecule has 2 aromatic rings. The Balaban J connectivity index is 2.63. The van der Waals surface area contributed by atoms with Crippen molar-refractivity contribution in [3.8, 4) is 16.9 Å². The molecule has 0 aliphatic carbocycles. The zero-order valence-electron chi connectivity index (χ0n) is 8.03. The monoisotopic (exact) mass is 224 g/mol. The first-order valence-electron chi connectivity index (χ1n) is 4.27. The highest BCUT2D eigenvalue weighted by atomic mass is 35.5. The number of nitrogens with two attached hydrogens (primary N) is 1. The van der Waals surface area contributed by atoms with Crippen LogP contribution in [0.1, 0.15) is 0 Å². The van der Waals surface area contributed by atoms with Gasteiger partial charge in [-0.2, -0.15) is 0 Å². The number of nitrogens with zero attached hydrogens (tertiary/aromatic N) is 1. The number of anilines is 1. The second kappa shape index (κ2) is 3.82. The normalized spacial score (nSPS) is 10.3. The standard InChI is InChI=1S/C10H9ClN2O2/c1-14-9-6(3-2-4-8(9)11)7-5-13-15-10(7)12/h2-5H,12H2,1H3. The van der Waals surface area contributed by atoms with Crippen LogP contribution in [0.3, 0.4) is 0 Å². The molecule has 0 aliphatic rings. The van der Waals surface area contributed by atoms with Crippen molar-refractivity contribution in [3.05, 3.63) is 29.4 Å². The average molecular weight is 225 g/mol. The van der Waals surface area contributed by atoms with Crippen LogP contribution in [0.4, 0.5) is 5.88 Å². The number of hydrogen-bond acceptors (Lipinski definition) is 4. The Bertz CT molecular complexity index is 482. The fourth-order valence-electron chi connectivity index (χ4n) is 1.38. The van der Waals surface area contributed by atoms with Gasteiger partial charge in [-0.05, 0) is 6.07 Å². The van der Waals surface area contributed by atoms with Crippen molar-refractivity contribution in [2.45, 2.75) is 0 Å². The maximum atomic E-state index is 5.98. The van der Waals surface area contributed by atoms with Gasteiger partial charge in [0, 0.05) is 5.56 Å². The van der Waals surface area contributed by atoms with Gasteiger partial charge in [0.15, 0.2) is 0 Å². The molecule has 5 heteroatoms. The number of ether oxygens (including phenoxy) is 1. The van der Waals surface area contributed by atoms with Gasteiger partial charge in [-0.15, -0.1) is 0 Å². The SMILES string of the molecule is COc1c(Cl)cccc1-c1cnoc1N. The van der Waals surface area contributed by atoms with Gasteiger partial charge in [-0.1, -0.05) is 28.9 Å². The van der Waals surface area contributed by atoms with Crippen LogP contribution in [-0.2, 0) is 0 Å². The minimum absolute atomic E-state index is 0.246. The number of para-hydroxylation sites is 1. The third-order valence-corrected chi connectivity index (χ3v) is 2.36. The van der Waals surface area contributed by atoms with Crippen molar-refractivity contribution in [3.63, 3.8) is 0 Å². The molecular weight excluding hydrogens is 216 g/mol. The van der Waals surface area contributed by atoms with Crippen molar-refractivity contribution >= 4 is 17.5 Å². The minimum Gasteiger partial charge on any atom is -0.495 e. The first-order valence-corrected chi connectivity index (χ1v) is 4.65. The molecule has 0 fully saturated rings. The highest BCUT2D eigenvalue weighted by molar-refractivity contribution is 6.32. The van der Waals surface area contributed by atoms with Crippen LogP contribution in [0.25, 0.3) is 11.1 Å². The van der Waals surface area contributed by atoms with Gasteiger partial charge in [0.1, 0.15) is 5.75 Å². The summed E-state index contributed by atoms with van der Waals surface area (Å²) in [5, 5.41) is 4.13. The maximum Gasteiger partial charge on any atom is 0.230 e. The number of hydrogen-bond donors (Lipinski definition) is 1. The van der Waals surface area contributed by atoms with Crippen LogP contribution < -0.4 is 10.5 Å². The van der Waals surface area contributed by atoms with Crippen LogP contribution in [0, 0.1) is 0 Å². The summed E-state index contributed by atoms with van der Waals surface area (Å²) in [6.07, 6.45) is 1.53. The van der Waals surface area contributed by atoms with Gasteiger partial charge in [-0.25, -0.2) is 0 Å². The largest absolute Gasteiger partial charge is 0.495 e. The Morgan fingerprint density at radius 3 is 2.80 bits per heavy atom. The van der Waals surface area contributed by atoms with Crippen molar-refractivity contribution < 1.29 is 9.26 Å². The molecule has 78 valence electrons. The minimum atomic E-state index is 0.246. The highest BCUT2D eigenvalue weighted by Gasteiger charge is 2.14. The first-order chi connectivity index (χ1) is 7.24. The lowest BCUT2D eigenvalue weighted by Crippen LogP contribution is -1.90. The molecule has 0 amide bonds. The summed E-state index contributed by atoms with van der Waals surface area (Å²) >= 11 is 5.98. The quantitative estimate of drug-likeness (QED) is 0.852. The fourth-order valence-corrected chi connectivity index (χ4v) is 1.63. The van der Waals surface area contributed by atoms with E-state index in [0.717, 1.165) is 5.56 Å². The zero-order chi connectivity index (χ0) is 10.8. The Morgan fingerprint density at radius 2 is 2.20 bits per heavy atom. The first kappa shape index (κ1) is 9.86. The summed E-state index contributed by atoms with van der Waals surface area (Å²) in [4.78, 5) is 0. The number of benzene rings is 1. The van der Waals surface area contributed by atoms with E-state index in [4.69, 9.17) is 26.6 Å². The Labute approximate surface area is 91.6 Å². The van der Waals surface area contributed by atoms with Gasteiger partial charge in [0.05, 0.1) is 23.9 Å². The smallest absolute Gasteiger partial charge is 0.230 e. The van der Waals surface area contributed by atoms with Gasteiger partial charge in [0.2, 0.25) is 5.88 Å². The summed E-state index contributed by atoms with van der Waals surface area (Å²) in [5.41, 5.74) is 7.06. The van der Waals surface area contributed by atoms with E-state index in [-0.39, 0.29) is 5.88 Å². The lowest BCUT2D eigenvalue weighted by Gasteiger charge is -2.08. The molecule has 0 spiro atoms. The van der Waals surface area contributed by atoms with E-state index in [1.165, 1.54) is 6.20 Å². The van der Waals surface area contributed by atoms with E-state index in [9.17, 15) is 0 Å². The summed E-state index contributed by atoms with van der Waals surface area (Å²) in [7, 11) is 1.55. The second-order valence-electron chi connectivity index (χ2n) is 2.92. The molecule has 0 aliphatic heterocycles. The molecule has 2 N–H and O–H groups in total. The second-order valence-corrected chi connectivity index (χ2v) is 3.33. The third kappa shape index (κ3) is 1.64. The molecule has 1 aromatic carbocycles. The lowest BCUT2D eigenvalue weighted by molar-refractivity contribution is 0.416. The lowest BCUT2D eigenvalue weighted by atomic mass is 10.1. The molecule has 0 saturated heterocycles. The summed E-state index contributed by atoms with van der Waals surface area (Å²) in [6, 6.07) is 5.40. The topological polar surface area (TPSA) is 61.3 Å².